The average molecular weight is 353 g/mol. The number of aryl methyl sites for hydroxylation is 1. The van der Waals surface area contributed by atoms with Crippen LogP contribution in [-0.4, -0.2) is 64.3 Å². The molecule has 136 valence electrons. The van der Waals surface area contributed by atoms with E-state index in [4.69, 9.17) is 0 Å². The van der Waals surface area contributed by atoms with Crippen LogP contribution in [0.3, 0.4) is 0 Å². The molecule has 0 spiro atoms. The van der Waals surface area contributed by atoms with Crippen molar-refractivity contribution < 1.29 is 9.59 Å². The largest absolute Gasteiger partial charge is 0.335 e. The molecule has 2 aromatic rings. The maximum Gasteiger partial charge on any atom is 0.274 e. The van der Waals surface area contributed by atoms with E-state index in [0.717, 1.165) is 16.8 Å². The second kappa shape index (κ2) is 8.05. The molecule has 7 nitrogen and oxygen atoms in total. The Hall–Kier alpha value is -2.80. The van der Waals surface area contributed by atoms with Gasteiger partial charge in [0.25, 0.3) is 5.91 Å². The van der Waals surface area contributed by atoms with Crippen molar-refractivity contribution in [3.8, 4) is 0 Å². The zero-order valence-electron chi connectivity index (χ0n) is 15.1. The Labute approximate surface area is 153 Å². The van der Waals surface area contributed by atoms with Crippen LogP contribution in [0, 0.1) is 13.8 Å². The van der Waals surface area contributed by atoms with Crippen LogP contribution in [0.2, 0.25) is 0 Å². The third-order valence-corrected chi connectivity index (χ3v) is 4.69. The van der Waals surface area contributed by atoms with Gasteiger partial charge in [0.15, 0.2) is 0 Å². The zero-order chi connectivity index (χ0) is 18.5. The fourth-order valence-electron chi connectivity index (χ4n) is 2.96. The van der Waals surface area contributed by atoms with Gasteiger partial charge in [-0.15, -0.1) is 0 Å². The van der Waals surface area contributed by atoms with Crippen LogP contribution < -0.4 is 5.32 Å². The van der Waals surface area contributed by atoms with E-state index in [-0.39, 0.29) is 11.8 Å². The Morgan fingerprint density at radius 2 is 1.88 bits per heavy atom. The van der Waals surface area contributed by atoms with Gasteiger partial charge in [-0.1, -0.05) is 12.1 Å². The SMILES string of the molecule is Cc1cccc(NC(=O)CN2CCN(C(=O)c3cnccn3)CC2)c1C. The molecule has 1 fully saturated rings. The van der Waals surface area contributed by atoms with E-state index in [2.05, 4.69) is 20.2 Å². The minimum Gasteiger partial charge on any atom is -0.335 e. The number of carbonyl (C=O) groups is 2. The average Bonchev–Trinajstić information content (AvgIpc) is 2.66. The molecule has 0 aliphatic carbocycles. The predicted octanol–water partition coefficient (Wildman–Crippen LogP) is 1.49. The fraction of sp³-hybridized carbons (Fsp3) is 0.368. The number of piperazine rings is 1. The Balaban J connectivity index is 1.50. The highest BCUT2D eigenvalue weighted by atomic mass is 16.2. The lowest BCUT2D eigenvalue weighted by Crippen LogP contribution is -2.50. The quantitative estimate of drug-likeness (QED) is 0.901. The van der Waals surface area contributed by atoms with Crippen molar-refractivity contribution in [1.82, 2.24) is 19.8 Å². The van der Waals surface area contributed by atoms with Crippen LogP contribution in [0.1, 0.15) is 21.6 Å². The maximum atomic E-state index is 12.4. The summed E-state index contributed by atoms with van der Waals surface area (Å²) in [5.41, 5.74) is 3.44. The van der Waals surface area contributed by atoms with E-state index in [1.165, 1.54) is 12.4 Å². The van der Waals surface area contributed by atoms with Gasteiger partial charge < -0.3 is 10.2 Å². The van der Waals surface area contributed by atoms with Crippen molar-refractivity contribution in [3.63, 3.8) is 0 Å². The molecule has 0 atom stereocenters. The molecule has 1 aliphatic heterocycles. The van der Waals surface area contributed by atoms with Gasteiger partial charge in [-0.05, 0) is 31.0 Å². The molecule has 0 radical (unpaired) electrons. The maximum absolute atomic E-state index is 12.4. The smallest absolute Gasteiger partial charge is 0.274 e. The summed E-state index contributed by atoms with van der Waals surface area (Å²) in [6, 6.07) is 5.88. The summed E-state index contributed by atoms with van der Waals surface area (Å²) in [6.07, 6.45) is 4.54. The van der Waals surface area contributed by atoms with E-state index in [0.29, 0.717) is 38.4 Å². The van der Waals surface area contributed by atoms with Crippen molar-refractivity contribution in [2.45, 2.75) is 13.8 Å². The summed E-state index contributed by atoms with van der Waals surface area (Å²) >= 11 is 0. The molecule has 2 heterocycles. The highest BCUT2D eigenvalue weighted by Crippen LogP contribution is 2.18. The van der Waals surface area contributed by atoms with Gasteiger partial charge in [-0.25, -0.2) is 4.98 Å². The van der Waals surface area contributed by atoms with Crippen LogP contribution in [0.25, 0.3) is 0 Å². The first-order valence-electron chi connectivity index (χ1n) is 8.68. The van der Waals surface area contributed by atoms with Crippen molar-refractivity contribution >= 4 is 17.5 Å². The first-order chi connectivity index (χ1) is 12.5. The summed E-state index contributed by atoms with van der Waals surface area (Å²) in [6.45, 7) is 6.82. The lowest BCUT2D eigenvalue weighted by Gasteiger charge is -2.34. The number of nitrogens with one attached hydrogen (secondary N) is 1. The first-order valence-corrected chi connectivity index (χ1v) is 8.68. The summed E-state index contributed by atoms with van der Waals surface area (Å²) in [5, 5.41) is 2.98. The van der Waals surface area contributed by atoms with Gasteiger partial charge in [0.05, 0.1) is 12.7 Å². The van der Waals surface area contributed by atoms with Gasteiger partial charge in [0.1, 0.15) is 5.69 Å². The van der Waals surface area contributed by atoms with Crippen LogP contribution in [0.15, 0.2) is 36.8 Å². The van der Waals surface area contributed by atoms with Gasteiger partial charge >= 0.3 is 0 Å². The monoisotopic (exact) mass is 353 g/mol. The summed E-state index contributed by atoms with van der Waals surface area (Å²) < 4.78 is 0. The molecule has 0 bridgehead atoms. The minimum atomic E-state index is -0.113. The second-order valence-corrected chi connectivity index (χ2v) is 6.45. The Morgan fingerprint density at radius 1 is 1.12 bits per heavy atom. The normalized spacial score (nSPS) is 14.9. The van der Waals surface area contributed by atoms with Crippen LogP contribution >= 0.6 is 0 Å². The molecule has 1 saturated heterocycles. The highest BCUT2D eigenvalue weighted by Gasteiger charge is 2.24. The Morgan fingerprint density at radius 3 is 2.58 bits per heavy atom. The van der Waals surface area contributed by atoms with Gasteiger partial charge in [0.2, 0.25) is 5.91 Å². The third kappa shape index (κ3) is 4.23. The summed E-state index contributed by atoms with van der Waals surface area (Å²) in [5.74, 6) is -0.148. The van der Waals surface area contributed by atoms with E-state index in [1.54, 1.807) is 11.1 Å². The zero-order valence-corrected chi connectivity index (χ0v) is 15.1. The number of hydrogen-bond donors (Lipinski definition) is 1. The molecule has 26 heavy (non-hydrogen) atoms. The molecular formula is C19H23N5O2. The van der Waals surface area contributed by atoms with E-state index in [1.807, 2.05) is 32.0 Å². The topological polar surface area (TPSA) is 78.4 Å². The van der Waals surface area contributed by atoms with Crippen molar-refractivity contribution in [2.75, 3.05) is 38.0 Å². The molecule has 2 amide bonds. The van der Waals surface area contributed by atoms with Gasteiger partial charge in [0, 0.05) is 44.3 Å². The molecule has 0 unspecified atom stereocenters. The number of amides is 2. The number of hydrogen-bond acceptors (Lipinski definition) is 5. The number of anilines is 1. The van der Waals surface area contributed by atoms with E-state index < -0.39 is 0 Å². The second-order valence-electron chi connectivity index (χ2n) is 6.45. The molecule has 1 N–H and O–H groups in total. The van der Waals surface area contributed by atoms with Crippen LogP contribution in [0.4, 0.5) is 5.69 Å². The molecular weight excluding hydrogens is 330 g/mol. The lowest BCUT2D eigenvalue weighted by molar-refractivity contribution is -0.117. The predicted molar refractivity (Wildman–Crippen MR) is 98.9 cm³/mol. The number of nitrogens with zero attached hydrogens (tertiary/aromatic N) is 4. The lowest BCUT2D eigenvalue weighted by atomic mass is 10.1. The minimum absolute atomic E-state index is 0.0348. The molecule has 3 rings (SSSR count). The summed E-state index contributed by atoms with van der Waals surface area (Å²) in [7, 11) is 0. The first kappa shape index (κ1) is 18.0. The molecule has 1 aromatic heterocycles. The number of benzene rings is 1. The molecule has 1 aromatic carbocycles. The van der Waals surface area contributed by atoms with E-state index >= 15 is 0 Å². The standard InChI is InChI=1S/C19H23N5O2/c1-14-4-3-5-16(15(14)2)22-18(25)13-23-8-10-24(11-9-23)19(26)17-12-20-6-7-21-17/h3-7,12H,8-11,13H2,1-2H3,(H,22,25). The number of rotatable bonds is 4. The summed E-state index contributed by atoms with van der Waals surface area (Å²) in [4.78, 5) is 36.5. The van der Waals surface area contributed by atoms with Gasteiger partial charge in [-0.3, -0.25) is 19.5 Å². The van der Waals surface area contributed by atoms with Gasteiger partial charge in [-0.2, -0.15) is 0 Å². The molecule has 7 heteroatoms. The third-order valence-electron chi connectivity index (χ3n) is 4.69. The molecule has 1 aliphatic rings. The number of aromatic nitrogens is 2. The Bertz CT molecular complexity index is 786. The van der Waals surface area contributed by atoms with Crippen LogP contribution in [0.5, 0.6) is 0 Å². The van der Waals surface area contributed by atoms with E-state index in [9.17, 15) is 9.59 Å². The van der Waals surface area contributed by atoms with Crippen molar-refractivity contribution in [2.24, 2.45) is 0 Å². The van der Waals surface area contributed by atoms with Crippen molar-refractivity contribution in [3.05, 3.63) is 53.6 Å². The number of carbonyl (C=O) groups excluding carboxylic acids is 2. The van der Waals surface area contributed by atoms with Crippen molar-refractivity contribution in [1.29, 1.82) is 0 Å². The van der Waals surface area contributed by atoms with Crippen LogP contribution in [-0.2, 0) is 4.79 Å². The highest BCUT2D eigenvalue weighted by molar-refractivity contribution is 5.93. The fourth-order valence-corrected chi connectivity index (χ4v) is 2.96. The Kier molecular flexibility index (Phi) is 5.58. The molecule has 0 saturated carbocycles.